The third-order valence-electron chi connectivity index (χ3n) is 5.81. The van der Waals surface area contributed by atoms with Gasteiger partial charge in [0.15, 0.2) is 11.0 Å². The molecule has 0 saturated carbocycles. The van der Waals surface area contributed by atoms with Crippen LogP contribution in [0.5, 0.6) is 0 Å². The first-order valence-electron chi connectivity index (χ1n) is 11.7. The Balaban J connectivity index is 1.46. The molecule has 0 saturated heterocycles. The number of fused-ring (bicyclic) bond motifs is 1. The number of aromatic nitrogens is 3. The van der Waals surface area contributed by atoms with Gasteiger partial charge in [-0.05, 0) is 43.7 Å². The van der Waals surface area contributed by atoms with Gasteiger partial charge in [0.05, 0.1) is 11.3 Å². The smallest absolute Gasteiger partial charge is 0.235 e. The number of thioether (sulfide) groups is 1. The van der Waals surface area contributed by atoms with Gasteiger partial charge in [-0.15, -0.1) is 39.4 Å². The molecule has 178 valence electrons. The Morgan fingerprint density at radius 3 is 2.91 bits per heavy atom. The van der Waals surface area contributed by atoms with E-state index in [1.54, 1.807) is 22.7 Å². The quantitative estimate of drug-likeness (QED) is 0.263. The van der Waals surface area contributed by atoms with Gasteiger partial charge in [0.1, 0.15) is 11.1 Å². The third-order valence-corrected chi connectivity index (χ3v) is 8.98. The maximum Gasteiger partial charge on any atom is 0.235 e. The molecule has 3 aromatic rings. The molecule has 9 heteroatoms. The summed E-state index contributed by atoms with van der Waals surface area (Å²) in [5.41, 5.74) is 2.84. The molecule has 3 aromatic heterocycles. The lowest BCUT2D eigenvalue weighted by Crippen LogP contribution is -2.14. The number of thiophene rings is 2. The number of hydrogen-bond donors (Lipinski definition) is 1. The van der Waals surface area contributed by atoms with E-state index in [2.05, 4.69) is 46.5 Å². The van der Waals surface area contributed by atoms with Crippen molar-refractivity contribution in [1.29, 1.82) is 5.26 Å². The Morgan fingerprint density at radius 2 is 2.15 bits per heavy atom. The number of hydrogen-bond acceptors (Lipinski definition) is 7. The van der Waals surface area contributed by atoms with E-state index in [0.29, 0.717) is 22.3 Å². The van der Waals surface area contributed by atoms with E-state index in [9.17, 15) is 10.1 Å². The fourth-order valence-corrected chi connectivity index (χ4v) is 7.17. The molecule has 0 unspecified atom stereocenters. The van der Waals surface area contributed by atoms with Crippen LogP contribution in [-0.4, -0.2) is 26.4 Å². The summed E-state index contributed by atoms with van der Waals surface area (Å²) < 4.78 is 2.00. The van der Waals surface area contributed by atoms with E-state index in [0.717, 1.165) is 55.5 Å². The van der Waals surface area contributed by atoms with Crippen LogP contribution in [0.1, 0.15) is 59.9 Å². The number of allylic oxidation sites excluding steroid dienone is 1. The molecule has 0 fully saturated rings. The highest BCUT2D eigenvalue weighted by molar-refractivity contribution is 7.99. The normalized spacial score (nSPS) is 13.5. The van der Waals surface area contributed by atoms with Crippen LogP contribution in [0.4, 0.5) is 5.00 Å². The molecule has 1 amide bonds. The van der Waals surface area contributed by atoms with Crippen LogP contribution in [0.2, 0.25) is 0 Å². The Hall–Kier alpha value is -2.41. The Labute approximate surface area is 213 Å². The first-order valence-corrected chi connectivity index (χ1v) is 14.4. The summed E-state index contributed by atoms with van der Waals surface area (Å²) in [6.45, 7) is 6.61. The standard InChI is InChI=1S/C25H29N5OS3/c1-3-9-18-13-17(15-32-18)23-28-29-25(30(23)12-4-2)33-16-22(31)27-24-20(14-26)19-10-7-5-6-8-11-21(19)34-24/h4,13,15H,2-3,5-12,16H2,1H3,(H,27,31). The van der Waals surface area contributed by atoms with Crippen molar-refractivity contribution in [3.05, 3.63) is 45.0 Å². The zero-order valence-electron chi connectivity index (χ0n) is 19.4. The van der Waals surface area contributed by atoms with Gasteiger partial charge in [-0.25, -0.2) is 0 Å². The highest BCUT2D eigenvalue weighted by Crippen LogP contribution is 2.37. The van der Waals surface area contributed by atoms with Gasteiger partial charge < -0.3 is 5.32 Å². The molecule has 0 aromatic carbocycles. The second-order valence-electron chi connectivity index (χ2n) is 8.33. The predicted molar refractivity (Wildman–Crippen MR) is 142 cm³/mol. The molecule has 0 spiro atoms. The van der Waals surface area contributed by atoms with E-state index in [1.165, 1.54) is 34.4 Å². The molecule has 34 heavy (non-hydrogen) atoms. The molecule has 1 N–H and O–H groups in total. The summed E-state index contributed by atoms with van der Waals surface area (Å²) >= 11 is 4.66. The van der Waals surface area contributed by atoms with Crippen LogP contribution >= 0.6 is 34.4 Å². The van der Waals surface area contributed by atoms with Crippen LogP contribution in [0.3, 0.4) is 0 Å². The molecule has 0 aliphatic heterocycles. The van der Waals surface area contributed by atoms with Crippen molar-refractivity contribution in [3.63, 3.8) is 0 Å². The van der Waals surface area contributed by atoms with Crippen molar-refractivity contribution in [2.75, 3.05) is 11.1 Å². The third kappa shape index (κ3) is 5.62. The fraction of sp³-hybridized carbons (Fsp3) is 0.440. The van der Waals surface area contributed by atoms with Crippen LogP contribution in [-0.2, 0) is 30.6 Å². The Morgan fingerprint density at radius 1 is 1.32 bits per heavy atom. The number of nitrogens with one attached hydrogen (secondary N) is 1. The van der Waals surface area contributed by atoms with E-state index >= 15 is 0 Å². The number of nitriles is 1. The first kappa shape index (κ1) is 24.7. The SMILES string of the molecule is C=CCn1c(SCC(=O)Nc2sc3c(c2C#N)CCCCCC3)nnc1-c1csc(CCC)c1. The number of carbonyl (C=O) groups excluding carboxylic acids is 1. The van der Waals surface area contributed by atoms with Crippen LogP contribution in [0.15, 0.2) is 29.3 Å². The van der Waals surface area contributed by atoms with Crippen LogP contribution < -0.4 is 5.32 Å². The number of anilines is 1. The van der Waals surface area contributed by atoms with Crippen molar-refractivity contribution < 1.29 is 4.79 Å². The van der Waals surface area contributed by atoms with Crippen molar-refractivity contribution in [2.45, 2.75) is 70.0 Å². The summed E-state index contributed by atoms with van der Waals surface area (Å²) in [5, 5.41) is 25.0. The molecule has 3 heterocycles. The van der Waals surface area contributed by atoms with Gasteiger partial charge in [-0.3, -0.25) is 9.36 Å². The van der Waals surface area contributed by atoms with E-state index in [-0.39, 0.29) is 11.7 Å². The lowest BCUT2D eigenvalue weighted by molar-refractivity contribution is -0.113. The monoisotopic (exact) mass is 511 g/mol. The summed E-state index contributed by atoms with van der Waals surface area (Å²) in [6.07, 6.45) is 10.6. The number of nitrogens with zero attached hydrogens (tertiary/aromatic N) is 4. The van der Waals surface area contributed by atoms with E-state index in [4.69, 9.17) is 0 Å². The van der Waals surface area contributed by atoms with Gasteiger partial charge in [-0.1, -0.05) is 44.0 Å². The van der Waals surface area contributed by atoms with E-state index in [1.807, 2.05) is 10.6 Å². The zero-order chi connectivity index (χ0) is 23.9. The largest absolute Gasteiger partial charge is 0.316 e. The Kier molecular flexibility index (Phi) is 8.59. The van der Waals surface area contributed by atoms with Crippen molar-refractivity contribution in [1.82, 2.24) is 14.8 Å². The molecule has 4 rings (SSSR count). The molecular formula is C25H29N5OS3. The number of rotatable bonds is 9. The van der Waals surface area contributed by atoms with Gasteiger partial charge in [0.2, 0.25) is 5.91 Å². The van der Waals surface area contributed by atoms with Crippen molar-refractivity contribution >= 4 is 45.3 Å². The lowest BCUT2D eigenvalue weighted by atomic mass is 9.97. The minimum atomic E-state index is -0.133. The van der Waals surface area contributed by atoms with E-state index < -0.39 is 0 Å². The number of amides is 1. The predicted octanol–water partition coefficient (Wildman–Crippen LogP) is 6.47. The van der Waals surface area contributed by atoms with Crippen molar-refractivity contribution in [2.24, 2.45) is 0 Å². The highest BCUT2D eigenvalue weighted by Gasteiger charge is 2.21. The average Bonchev–Trinajstić information content (AvgIpc) is 3.51. The molecule has 0 radical (unpaired) electrons. The minimum Gasteiger partial charge on any atom is -0.316 e. The summed E-state index contributed by atoms with van der Waals surface area (Å²) in [5.74, 6) is 0.866. The summed E-state index contributed by atoms with van der Waals surface area (Å²) in [7, 11) is 0. The minimum absolute atomic E-state index is 0.133. The van der Waals surface area contributed by atoms with Crippen LogP contribution in [0.25, 0.3) is 11.4 Å². The topological polar surface area (TPSA) is 83.6 Å². The lowest BCUT2D eigenvalue weighted by Gasteiger charge is -2.08. The summed E-state index contributed by atoms with van der Waals surface area (Å²) in [6, 6.07) is 4.51. The average molecular weight is 512 g/mol. The maximum atomic E-state index is 12.8. The maximum absolute atomic E-state index is 12.8. The second kappa shape index (κ2) is 11.8. The van der Waals surface area contributed by atoms with Gasteiger partial charge >= 0.3 is 0 Å². The number of aryl methyl sites for hydroxylation is 2. The second-order valence-corrected chi connectivity index (χ2v) is 11.4. The molecule has 0 atom stereocenters. The molecule has 1 aliphatic rings. The van der Waals surface area contributed by atoms with Gasteiger partial charge in [-0.2, -0.15) is 5.26 Å². The molecule has 0 bridgehead atoms. The van der Waals surface area contributed by atoms with Gasteiger partial charge in [0.25, 0.3) is 0 Å². The highest BCUT2D eigenvalue weighted by atomic mass is 32.2. The fourth-order valence-electron chi connectivity index (χ4n) is 4.20. The Bertz CT molecular complexity index is 1200. The van der Waals surface area contributed by atoms with Gasteiger partial charge in [0, 0.05) is 27.2 Å². The molecule has 1 aliphatic carbocycles. The van der Waals surface area contributed by atoms with Crippen molar-refractivity contribution in [3.8, 4) is 17.5 Å². The first-order chi connectivity index (χ1) is 16.6. The molecular weight excluding hydrogens is 483 g/mol. The number of carbonyl (C=O) groups is 1. The molecule has 6 nitrogen and oxygen atoms in total. The van der Waals surface area contributed by atoms with Crippen LogP contribution in [0, 0.1) is 11.3 Å². The summed E-state index contributed by atoms with van der Waals surface area (Å²) in [4.78, 5) is 15.4. The zero-order valence-corrected chi connectivity index (χ0v) is 21.9.